The Labute approximate surface area is 121 Å². The Morgan fingerprint density at radius 3 is 3.25 bits per heavy atom. The van der Waals surface area contributed by atoms with Crippen LogP contribution in [-0.2, 0) is 0 Å². The standard InChI is InChI=1S/C15H17N3OS/c19-14(13-7-11-2-1-4-16-15(11)20-13)17-12-6-10-3-5-18(8-10)9-12/h1-2,4,7,10,12H,3,5-6,8-9H2,(H,17,19)/t10-,12+/m0/s1. The van der Waals surface area contributed by atoms with Crippen LogP contribution in [0.15, 0.2) is 24.4 Å². The molecule has 0 radical (unpaired) electrons. The van der Waals surface area contributed by atoms with E-state index in [1.54, 1.807) is 6.20 Å². The SMILES string of the molecule is O=C(N[C@@H]1C[C@@H]2CCN(C2)C1)c1cc2cccnc2s1. The molecule has 0 aliphatic carbocycles. The molecule has 2 saturated heterocycles. The van der Waals surface area contributed by atoms with Gasteiger partial charge in [-0.15, -0.1) is 11.3 Å². The molecule has 2 aliphatic heterocycles. The minimum atomic E-state index is 0.0560. The summed E-state index contributed by atoms with van der Waals surface area (Å²) in [5.41, 5.74) is 0. The highest BCUT2D eigenvalue weighted by molar-refractivity contribution is 7.20. The van der Waals surface area contributed by atoms with Gasteiger partial charge in [-0.2, -0.15) is 0 Å². The molecule has 3 atom stereocenters. The van der Waals surface area contributed by atoms with Gasteiger partial charge in [-0.25, -0.2) is 4.98 Å². The molecule has 4 nitrogen and oxygen atoms in total. The summed E-state index contributed by atoms with van der Waals surface area (Å²) in [6.45, 7) is 3.43. The molecule has 104 valence electrons. The van der Waals surface area contributed by atoms with Crippen molar-refractivity contribution in [2.45, 2.75) is 18.9 Å². The van der Waals surface area contributed by atoms with Crippen LogP contribution in [0.3, 0.4) is 0 Å². The number of hydrogen-bond acceptors (Lipinski definition) is 4. The number of piperidine rings is 1. The lowest BCUT2D eigenvalue weighted by atomic mass is 9.97. The summed E-state index contributed by atoms with van der Waals surface area (Å²) >= 11 is 1.47. The van der Waals surface area contributed by atoms with Crippen molar-refractivity contribution in [3.05, 3.63) is 29.3 Å². The zero-order chi connectivity index (χ0) is 13.5. The minimum Gasteiger partial charge on any atom is -0.347 e. The second-order valence-electron chi connectivity index (χ2n) is 5.83. The number of thiophene rings is 1. The van der Waals surface area contributed by atoms with E-state index in [0.29, 0.717) is 6.04 Å². The van der Waals surface area contributed by atoms with Crippen molar-refractivity contribution in [3.63, 3.8) is 0 Å². The van der Waals surface area contributed by atoms with Crippen LogP contribution in [0.2, 0.25) is 0 Å². The Morgan fingerprint density at radius 2 is 2.40 bits per heavy atom. The molecule has 2 aromatic heterocycles. The Kier molecular flexibility index (Phi) is 2.97. The van der Waals surface area contributed by atoms with E-state index in [-0.39, 0.29) is 5.91 Å². The number of nitrogens with zero attached hydrogens (tertiary/aromatic N) is 2. The van der Waals surface area contributed by atoms with Crippen LogP contribution in [0.25, 0.3) is 10.2 Å². The highest BCUT2D eigenvalue weighted by Crippen LogP contribution is 2.28. The fourth-order valence-corrected chi connectivity index (χ4v) is 4.31. The van der Waals surface area contributed by atoms with Crippen molar-refractivity contribution in [1.29, 1.82) is 0 Å². The Hall–Kier alpha value is -1.46. The monoisotopic (exact) mass is 287 g/mol. The molecule has 0 spiro atoms. The maximum Gasteiger partial charge on any atom is 0.261 e. The first-order valence-electron chi connectivity index (χ1n) is 7.16. The summed E-state index contributed by atoms with van der Waals surface area (Å²) in [5.74, 6) is 0.832. The second-order valence-corrected chi connectivity index (χ2v) is 6.86. The van der Waals surface area contributed by atoms with E-state index >= 15 is 0 Å². The van der Waals surface area contributed by atoms with Crippen LogP contribution in [0, 0.1) is 5.92 Å². The van der Waals surface area contributed by atoms with E-state index in [2.05, 4.69) is 15.2 Å². The molecule has 2 aromatic rings. The largest absolute Gasteiger partial charge is 0.347 e. The highest BCUT2D eigenvalue weighted by atomic mass is 32.1. The average Bonchev–Trinajstić information content (AvgIpc) is 3.02. The van der Waals surface area contributed by atoms with Gasteiger partial charge in [-0.3, -0.25) is 4.79 Å². The summed E-state index contributed by atoms with van der Waals surface area (Å²) in [6, 6.07) is 6.16. The van der Waals surface area contributed by atoms with Gasteiger partial charge in [0.05, 0.1) is 4.88 Å². The van der Waals surface area contributed by atoms with Crippen molar-refractivity contribution in [1.82, 2.24) is 15.2 Å². The van der Waals surface area contributed by atoms with Gasteiger partial charge in [-0.1, -0.05) is 6.07 Å². The summed E-state index contributed by atoms with van der Waals surface area (Å²) in [7, 11) is 0. The lowest BCUT2D eigenvalue weighted by molar-refractivity contribution is 0.0913. The number of amides is 1. The fourth-order valence-electron chi connectivity index (χ4n) is 3.41. The van der Waals surface area contributed by atoms with Gasteiger partial charge in [0.2, 0.25) is 0 Å². The first-order valence-corrected chi connectivity index (χ1v) is 7.97. The molecule has 5 heteroatoms. The topological polar surface area (TPSA) is 45.2 Å². The van der Waals surface area contributed by atoms with E-state index in [4.69, 9.17) is 0 Å². The summed E-state index contributed by atoms with van der Waals surface area (Å²) in [5, 5.41) is 4.25. The van der Waals surface area contributed by atoms with E-state index in [1.165, 1.54) is 30.8 Å². The van der Waals surface area contributed by atoms with Gasteiger partial charge >= 0.3 is 0 Å². The number of carbonyl (C=O) groups excluding carboxylic acids is 1. The molecule has 4 heterocycles. The van der Waals surface area contributed by atoms with Gasteiger partial charge in [0.25, 0.3) is 5.91 Å². The first kappa shape index (κ1) is 12.3. The van der Waals surface area contributed by atoms with Crippen LogP contribution in [0.1, 0.15) is 22.5 Å². The second kappa shape index (κ2) is 4.82. The predicted octanol–water partition coefficient (Wildman–Crippen LogP) is 2.12. The lowest BCUT2D eigenvalue weighted by Crippen LogP contribution is -2.46. The van der Waals surface area contributed by atoms with E-state index in [1.807, 2.05) is 18.2 Å². The number of rotatable bonds is 2. The van der Waals surface area contributed by atoms with Crippen LogP contribution in [-0.4, -0.2) is 41.5 Å². The molecule has 2 bridgehead atoms. The van der Waals surface area contributed by atoms with Crippen LogP contribution in [0.4, 0.5) is 0 Å². The predicted molar refractivity (Wildman–Crippen MR) is 80.0 cm³/mol. The Morgan fingerprint density at radius 1 is 1.45 bits per heavy atom. The molecule has 2 fully saturated rings. The number of pyridine rings is 1. The molecule has 20 heavy (non-hydrogen) atoms. The molecule has 1 unspecified atom stereocenters. The van der Waals surface area contributed by atoms with Crippen molar-refractivity contribution in [2.75, 3.05) is 19.6 Å². The fraction of sp³-hybridized carbons (Fsp3) is 0.467. The van der Waals surface area contributed by atoms with E-state index in [9.17, 15) is 4.79 Å². The number of carbonyl (C=O) groups is 1. The Balaban J connectivity index is 1.49. The van der Waals surface area contributed by atoms with Gasteiger partial charge < -0.3 is 10.2 Å². The molecule has 1 amide bonds. The van der Waals surface area contributed by atoms with Gasteiger partial charge in [-0.05, 0) is 37.4 Å². The van der Waals surface area contributed by atoms with Crippen molar-refractivity contribution in [3.8, 4) is 0 Å². The summed E-state index contributed by atoms with van der Waals surface area (Å²) in [4.78, 5) is 20.8. The summed E-state index contributed by atoms with van der Waals surface area (Å²) < 4.78 is 0. The first-order chi connectivity index (χ1) is 9.78. The molecular formula is C15H17N3OS. The molecule has 4 rings (SSSR count). The maximum atomic E-state index is 12.4. The number of fused-ring (bicyclic) bond motifs is 3. The van der Waals surface area contributed by atoms with Gasteiger partial charge in [0.15, 0.2) is 0 Å². The minimum absolute atomic E-state index is 0.0560. The van der Waals surface area contributed by atoms with Crippen molar-refractivity contribution in [2.24, 2.45) is 5.92 Å². The third-order valence-corrected chi connectivity index (χ3v) is 5.38. The molecule has 0 aromatic carbocycles. The number of hydrogen-bond donors (Lipinski definition) is 1. The lowest BCUT2D eigenvalue weighted by Gasteiger charge is -2.30. The zero-order valence-corrected chi connectivity index (χ0v) is 12.0. The number of aromatic nitrogens is 1. The third-order valence-electron chi connectivity index (χ3n) is 4.32. The number of nitrogens with one attached hydrogen (secondary N) is 1. The molecule has 1 N–H and O–H groups in total. The normalized spacial score (nSPS) is 28.7. The van der Waals surface area contributed by atoms with Gasteiger partial charge in [0, 0.05) is 30.7 Å². The van der Waals surface area contributed by atoms with Crippen LogP contribution >= 0.6 is 11.3 Å². The highest BCUT2D eigenvalue weighted by Gasteiger charge is 2.33. The quantitative estimate of drug-likeness (QED) is 0.920. The van der Waals surface area contributed by atoms with E-state index in [0.717, 1.165) is 34.0 Å². The maximum absolute atomic E-state index is 12.4. The molecule has 2 aliphatic rings. The summed E-state index contributed by atoms with van der Waals surface area (Å²) in [6.07, 6.45) is 4.19. The smallest absolute Gasteiger partial charge is 0.261 e. The van der Waals surface area contributed by atoms with Crippen molar-refractivity contribution >= 4 is 27.5 Å². The molecule has 0 saturated carbocycles. The average molecular weight is 287 g/mol. The van der Waals surface area contributed by atoms with E-state index < -0.39 is 0 Å². The zero-order valence-electron chi connectivity index (χ0n) is 11.2. The third kappa shape index (κ3) is 2.21. The van der Waals surface area contributed by atoms with Crippen LogP contribution in [0.5, 0.6) is 0 Å². The van der Waals surface area contributed by atoms with Crippen molar-refractivity contribution < 1.29 is 4.79 Å². The van der Waals surface area contributed by atoms with Crippen LogP contribution < -0.4 is 5.32 Å². The Bertz CT molecular complexity index is 608. The molecular weight excluding hydrogens is 270 g/mol. The van der Waals surface area contributed by atoms with Gasteiger partial charge in [0.1, 0.15) is 4.83 Å².